The molecule has 2 saturated heterocycles. The highest BCUT2D eigenvalue weighted by molar-refractivity contribution is 7.92. The van der Waals surface area contributed by atoms with E-state index in [0.717, 1.165) is 32.1 Å². The fourth-order valence-corrected chi connectivity index (χ4v) is 4.58. The van der Waals surface area contributed by atoms with E-state index >= 15 is 0 Å². The quantitative estimate of drug-likeness (QED) is 0.606. The van der Waals surface area contributed by atoms with Crippen LogP contribution < -0.4 is 5.32 Å². The molecular weight excluding hydrogens is 312 g/mol. The Morgan fingerprint density at radius 1 is 1.26 bits per heavy atom. The molecular formula is C16H32N4O2S. The van der Waals surface area contributed by atoms with E-state index in [-0.39, 0.29) is 5.75 Å². The number of likely N-dealkylation sites (tertiary alicyclic amines) is 1. The van der Waals surface area contributed by atoms with Gasteiger partial charge in [0.05, 0.1) is 10.5 Å². The maximum Gasteiger partial charge on any atom is 0.194 e. The monoisotopic (exact) mass is 344 g/mol. The summed E-state index contributed by atoms with van der Waals surface area (Å²) in [6.07, 6.45) is 2.39. The van der Waals surface area contributed by atoms with Crippen LogP contribution in [0.1, 0.15) is 33.6 Å². The molecule has 0 aliphatic carbocycles. The third kappa shape index (κ3) is 4.59. The normalized spacial score (nSPS) is 26.3. The number of nitrogens with zero attached hydrogens (tertiary/aromatic N) is 3. The average molecular weight is 345 g/mol. The van der Waals surface area contributed by atoms with Gasteiger partial charge in [-0.3, -0.25) is 4.99 Å². The maximum absolute atomic E-state index is 12.2. The van der Waals surface area contributed by atoms with Gasteiger partial charge >= 0.3 is 0 Å². The summed E-state index contributed by atoms with van der Waals surface area (Å²) in [6, 6.07) is 0. The summed E-state index contributed by atoms with van der Waals surface area (Å²) in [6.45, 7) is 10.6. The number of aliphatic imine (C=N–C) groups is 1. The summed E-state index contributed by atoms with van der Waals surface area (Å²) in [5.41, 5.74) is 0. The van der Waals surface area contributed by atoms with Crippen LogP contribution >= 0.6 is 0 Å². The zero-order valence-electron chi connectivity index (χ0n) is 15.0. The van der Waals surface area contributed by atoms with Crippen molar-refractivity contribution in [3.8, 4) is 0 Å². The van der Waals surface area contributed by atoms with Crippen molar-refractivity contribution in [1.29, 1.82) is 0 Å². The van der Waals surface area contributed by atoms with Gasteiger partial charge in [0, 0.05) is 26.2 Å². The van der Waals surface area contributed by atoms with Gasteiger partial charge in [-0.15, -0.1) is 0 Å². The molecule has 0 bridgehead atoms. The third-order valence-corrected chi connectivity index (χ3v) is 7.55. The Kier molecular flexibility index (Phi) is 5.94. The molecule has 0 amide bonds. The topological polar surface area (TPSA) is 65.0 Å². The molecule has 134 valence electrons. The predicted octanol–water partition coefficient (Wildman–Crippen LogP) is 0.803. The van der Waals surface area contributed by atoms with Crippen LogP contribution in [0.15, 0.2) is 4.99 Å². The highest BCUT2D eigenvalue weighted by Crippen LogP contribution is 2.24. The Balaban J connectivity index is 2.02. The summed E-state index contributed by atoms with van der Waals surface area (Å²) < 4.78 is 23.6. The lowest BCUT2D eigenvalue weighted by Crippen LogP contribution is -2.57. The molecule has 1 N–H and O–H groups in total. The van der Waals surface area contributed by atoms with Gasteiger partial charge in [0.1, 0.15) is 0 Å². The van der Waals surface area contributed by atoms with Crippen molar-refractivity contribution in [1.82, 2.24) is 15.1 Å². The predicted molar refractivity (Wildman–Crippen MR) is 95.6 cm³/mol. The number of hydrogen-bond acceptors (Lipinski definition) is 4. The smallest absolute Gasteiger partial charge is 0.194 e. The van der Waals surface area contributed by atoms with Crippen LogP contribution in [0.3, 0.4) is 0 Å². The van der Waals surface area contributed by atoms with Gasteiger partial charge in [0.2, 0.25) is 0 Å². The molecule has 2 aliphatic rings. The molecule has 0 unspecified atom stereocenters. The summed E-state index contributed by atoms with van der Waals surface area (Å²) >= 11 is 0. The first-order valence-corrected chi connectivity index (χ1v) is 10.3. The van der Waals surface area contributed by atoms with Crippen molar-refractivity contribution in [2.45, 2.75) is 38.4 Å². The number of guanidine groups is 1. The van der Waals surface area contributed by atoms with Crippen LogP contribution in [-0.2, 0) is 9.84 Å². The van der Waals surface area contributed by atoms with Gasteiger partial charge in [-0.25, -0.2) is 8.42 Å². The van der Waals surface area contributed by atoms with Crippen LogP contribution in [0.4, 0.5) is 0 Å². The van der Waals surface area contributed by atoms with E-state index < -0.39 is 14.6 Å². The van der Waals surface area contributed by atoms with Gasteiger partial charge in [-0.05, 0) is 59.7 Å². The molecule has 2 fully saturated rings. The molecule has 0 aromatic rings. The number of rotatable bonds is 3. The lowest BCUT2D eigenvalue weighted by atomic mass is 9.97. The van der Waals surface area contributed by atoms with Gasteiger partial charge < -0.3 is 15.1 Å². The fourth-order valence-electron chi connectivity index (χ4n) is 3.21. The number of hydrogen-bond donors (Lipinski definition) is 1. The largest absolute Gasteiger partial charge is 0.357 e. The molecule has 0 aromatic heterocycles. The summed E-state index contributed by atoms with van der Waals surface area (Å²) in [5, 5.41) is 3.34. The first-order chi connectivity index (χ1) is 10.7. The minimum atomic E-state index is -3.01. The van der Waals surface area contributed by atoms with Crippen molar-refractivity contribution < 1.29 is 8.42 Å². The van der Waals surface area contributed by atoms with Gasteiger partial charge in [-0.2, -0.15) is 0 Å². The second-order valence-corrected chi connectivity index (χ2v) is 10.2. The molecule has 0 saturated carbocycles. The molecule has 2 heterocycles. The van der Waals surface area contributed by atoms with E-state index in [2.05, 4.69) is 29.1 Å². The second-order valence-electron chi connectivity index (χ2n) is 7.44. The van der Waals surface area contributed by atoms with Crippen molar-refractivity contribution in [2.24, 2.45) is 10.9 Å². The highest BCUT2D eigenvalue weighted by Gasteiger charge is 2.41. The van der Waals surface area contributed by atoms with E-state index in [9.17, 15) is 8.42 Å². The fraction of sp³-hybridized carbons (Fsp3) is 0.938. The van der Waals surface area contributed by atoms with Crippen molar-refractivity contribution in [3.05, 3.63) is 0 Å². The van der Waals surface area contributed by atoms with Crippen molar-refractivity contribution in [3.63, 3.8) is 0 Å². The lowest BCUT2D eigenvalue weighted by Gasteiger charge is -2.39. The minimum absolute atomic E-state index is 0.207. The standard InChI is InChI=1S/C16H32N4O2S/c1-5-17-15(18-12-14-6-8-19(4)9-7-14)20-10-11-23(21,22)16(2,3)13-20/h14H,5-13H2,1-4H3,(H,17,18). The van der Waals surface area contributed by atoms with Gasteiger partial charge in [0.25, 0.3) is 0 Å². The van der Waals surface area contributed by atoms with Gasteiger partial charge in [-0.1, -0.05) is 0 Å². The number of piperidine rings is 1. The average Bonchev–Trinajstić information content (AvgIpc) is 2.48. The third-order valence-electron chi connectivity index (χ3n) is 5.02. The molecule has 6 nitrogen and oxygen atoms in total. The Hall–Kier alpha value is -0.820. The summed E-state index contributed by atoms with van der Waals surface area (Å²) in [5.74, 6) is 1.72. The SMILES string of the molecule is CCNC(=NCC1CCN(C)CC1)N1CCS(=O)(=O)C(C)(C)C1. The Morgan fingerprint density at radius 3 is 2.48 bits per heavy atom. The Bertz CT molecular complexity index is 522. The van der Waals surface area contributed by atoms with Crippen LogP contribution in [0.25, 0.3) is 0 Å². The van der Waals surface area contributed by atoms with Crippen LogP contribution in [-0.4, -0.2) is 81.0 Å². The van der Waals surface area contributed by atoms with Crippen LogP contribution in [0.5, 0.6) is 0 Å². The van der Waals surface area contributed by atoms with E-state index in [1.165, 1.54) is 12.8 Å². The van der Waals surface area contributed by atoms with Crippen LogP contribution in [0, 0.1) is 5.92 Å². The van der Waals surface area contributed by atoms with Gasteiger partial charge in [0.15, 0.2) is 15.8 Å². The Morgan fingerprint density at radius 2 is 1.91 bits per heavy atom. The summed E-state index contributed by atoms with van der Waals surface area (Å²) in [4.78, 5) is 9.29. The highest BCUT2D eigenvalue weighted by atomic mass is 32.2. The lowest BCUT2D eigenvalue weighted by molar-refractivity contribution is 0.223. The zero-order chi connectivity index (χ0) is 17.1. The van der Waals surface area contributed by atoms with Crippen molar-refractivity contribution in [2.75, 3.05) is 52.1 Å². The molecule has 0 aromatic carbocycles. The molecule has 7 heteroatoms. The molecule has 0 radical (unpaired) electrons. The molecule has 2 aliphatic heterocycles. The Labute approximate surface area is 141 Å². The molecule has 2 rings (SSSR count). The molecule has 23 heavy (non-hydrogen) atoms. The van der Waals surface area contributed by atoms with Crippen molar-refractivity contribution >= 4 is 15.8 Å². The number of nitrogens with one attached hydrogen (secondary N) is 1. The van der Waals surface area contributed by atoms with E-state index in [1.54, 1.807) is 0 Å². The van der Waals surface area contributed by atoms with E-state index in [1.807, 2.05) is 13.8 Å². The summed E-state index contributed by atoms with van der Waals surface area (Å²) in [7, 11) is -0.847. The second kappa shape index (κ2) is 7.38. The maximum atomic E-state index is 12.2. The zero-order valence-corrected chi connectivity index (χ0v) is 15.8. The minimum Gasteiger partial charge on any atom is -0.357 e. The first-order valence-electron chi connectivity index (χ1n) is 8.69. The molecule has 0 spiro atoms. The number of sulfone groups is 1. The van der Waals surface area contributed by atoms with Crippen LogP contribution in [0.2, 0.25) is 0 Å². The molecule has 0 atom stereocenters. The first kappa shape index (κ1) is 18.5. The van der Waals surface area contributed by atoms with E-state index in [0.29, 0.717) is 19.0 Å². The van der Waals surface area contributed by atoms with E-state index in [4.69, 9.17) is 4.99 Å².